The highest BCUT2D eigenvalue weighted by molar-refractivity contribution is 6.29. The van der Waals surface area contributed by atoms with Gasteiger partial charge in [-0.3, -0.25) is 0 Å². The van der Waals surface area contributed by atoms with Crippen molar-refractivity contribution >= 4 is 11.6 Å². The van der Waals surface area contributed by atoms with Crippen LogP contribution in [0.5, 0.6) is 5.75 Å². The van der Waals surface area contributed by atoms with E-state index in [9.17, 15) is 0 Å². The summed E-state index contributed by atoms with van der Waals surface area (Å²) >= 11 is 6.04. The second kappa shape index (κ2) is 6.53. The molecule has 0 unspecified atom stereocenters. The summed E-state index contributed by atoms with van der Waals surface area (Å²) in [5.41, 5.74) is 1.93. The van der Waals surface area contributed by atoms with E-state index in [0.29, 0.717) is 17.6 Å². The van der Waals surface area contributed by atoms with Gasteiger partial charge in [-0.15, -0.1) is 0 Å². The molecule has 1 aromatic heterocycles. The van der Waals surface area contributed by atoms with Crippen LogP contribution in [0.15, 0.2) is 30.3 Å². The Morgan fingerprint density at radius 1 is 1.11 bits per heavy atom. The maximum Gasteiger partial charge on any atom is 0.161 e. The lowest BCUT2D eigenvalue weighted by molar-refractivity contribution is 0.340. The molecule has 0 atom stereocenters. The molecule has 0 radical (unpaired) electrons. The molecule has 0 fully saturated rings. The van der Waals surface area contributed by atoms with Crippen molar-refractivity contribution in [3.05, 3.63) is 41.2 Å². The number of hydrogen-bond donors (Lipinski definition) is 0. The molecule has 4 heteroatoms. The number of aryl methyl sites for hydroxylation is 1. The predicted molar refractivity (Wildman–Crippen MR) is 77.6 cm³/mol. The Bertz CT molecular complexity index is 540. The van der Waals surface area contributed by atoms with Crippen molar-refractivity contribution in [3.8, 4) is 17.1 Å². The summed E-state index contributed by atoms with van der Waals surface area (Å²) in [6.45, 7) is 4.74. The van der Waals surface area contributed by atoms with Crippen LogP contribution in [0.25, 0.3) is 11.4 Å². The fourth-order valence-electron chi connectivity index (χ4n) is 1.84. The van der Waals surface area contributed by atoms with Crippen LogP contribution in [0.2, 0.25) is 5.15 Å². The zero-order chi connectivity index (χ0) is 13.7. The first-order valence-electron chi connectivity index (χ1n) is 6.49. The topological polar surface area (TPSA) is 35.0 Å². The third-order valence-corrected chi connectivity index (χ3v) is 2.87. The van der Waals surface area contributed by atoms with Gasteiger partial charge in [0.05, 0.1) is 6.61 Å². The standard InChI is InChI=1S/C15H17ClN2O/c1-3-5-12-10-14(16)18-15(17-12)11-6-8-13(9-7-11)19-4-2/h6-10H,3-5H2,1-2H3. The molecule has 0 N–H and O–H groups in total. The van der Waals surface area contributed by atoms with E-state index in [4.69, 9.17) is 16.3 Å². The summed E-state index contributed by atoms with van der Waals surface area (Å²) in [4.78, 5) is 8.81. The number of halogens is 1. The van der Waals surface area contributed by atoms with Crippen LogP contribution in [-0.2, 0) is 6.42 Å². The summed E-state index contributed by atoms with van der Waals surface area (Å²) < 4.78 is 5.42. The molecular formula is C15H17ClN2O. The summed E-state index contributed by atoms with van der Waals surface area (Å²) in [5.74, 6) is 1.51. The van der Waals surface area contributed by atoms with Crippen molar-refractivity contribution in [1.29, 1.82) is 0 Å². The predicted octanol–water partition coefficient (Wildman–Crippen LogP) is 4.15. The van der Waals surface area contributed by atoms with Gasteiger partial charge in [-0.25, -0.2) is 9.97 Å². The zero-order valence-electron chi connectivity index (χ0n) is 11.2. The Balaban J connectivity index is 2.29. The molecule has 0 aliphatic heterocycles. The second-order valence-electron chi connectivity index (χ2n) is 4.21. The SMILES string of the molecule is CCCc1cc(Cl)nc(-c2ccc(OCC)cc2)n1. The van der Waals surface area contributed by atoms with E-state index in [1.54, 1.807) is 0 Å². The second-order valence-corrected chi connectivity index (χ2v) is 4.60. The minimum Gasteiger partial charge on any atom is -0.494 e. The first-order chi connectivity index (χ1) is 9.22. The van der Waals surface area contributed by atoms with Crippen molar-refractivity contribution in [2.45, 2.75) is 26.7 Å². The normalized spacial score (nSPS) is 10.5. The summed E-state index contributed by atoms with van der Waals surface area (Å²) in [7, 11) is 0. The lowest BCUT2D eigenvalue weighted by atomic mass is 10.2. The number of hydrogen-bond acceptors (Lipinski definition) is 3. The maximum atomic E-state index is 6.04. The molecule has 0 aliphatic carbocycles. The van der Waals surface area contributed by atoms with Gasteiger partial charge in [-0.05, 0) is 43.7 Å². The molecule has 100 valence electrons. The number of benzene rings is 1. The van der Waals surface area contributed by atoms with E-state index >= 15 is 0 Å². The maximum absolute atomic E-state index is 6.04. The van der Waals surface area contributed by atoms with E-state index in [1.165, 1.54) is 0 Å². The summed E-state index contributed by atoms with van der Waals surface area (Å²) in [5, 5.41) is 0.488. The summed E-state index contributed by atoms with van der Waals surface area (Å²) in [6, 6.07) is 9.56. The molecule has 0 saturated carbocycles. The number of aromatic nitrogens is 2. The molecule has 0 saturated heterocycles. The van der Waals surface area contributed by atoms with Crippen LogP contribution in [0.4, 0.5) is 0 Å². The quantitative estimate of drug-likeness (QED) is 0.770. The van der Waals surface area contributed by atoms with E-state index in [0.717, 1.165) is 29.8 Å². The van der Waals surface area contributed by atoms with E-state index in [1.807, 2.05) is 37.3 Å². The summed E-state index contributed by atoms with van der Waals surface area (Å²) in [6.07, 6.45) is 1.95. The Hall–Kier alpha value is -1.61. The average molecular weight is 277 g/mol. The van der Waals surface area contributed by atoms with Crippen molar-refractivity contribution in [1.82, 2.24) is 9.97 Å². The first-order valence-corrected chi connectivity index (χ1v) is 6.87. The number of rotatable bonds is 5. The van der Waals surface area contributed by atoms with E-state index < -0.39 is 0 Å². The van der Waals surface area contributed by atoms with Crippen LogP contribution in [-0.4, -0.2) is 16.6 Å². The molecule has 0 bridgehead atoms. The minimum absolute atomic E-state index is 0.488. The van der Waals surface area contributed by atoms with Crippen LogP contribution < -0.4 is 4.74 Å². The highest BCUT2D eigenvalue weighted by Gasteiger charge is 2.06. The van der Waals surface area contributed by atoms with Gasteiger partial charge in [0.2, 0.25) is 0 Å². The molecular weight excluding hydrogens is 260 g/mol. The molecule has 2 aromatic rings. The fourth-order valence-corrected chi connectivity index (χ4v) is 2.05. The first kappa shape index (κ1) is 13.8. The molecule has 1 aromatic carbocycles. The lowest BCUT2D eigenvalue weighted by Gasteiger charge is -2.06. The Labute approximate surface area is 118 Å². The van der Waals surface area contributed by atoms with Crippen molar-refractivity contribution in [2.24, 2.45) is 0 Å². The Morgan fingerprint density at radius 3 is 2.47 bits per heavy atom. The van der Waals surface area contributed by atoms with Crippen molar-refractivity contribution in [3.63, 3.8) is 0 Å². The van der Waals surface area contributed by atoms with Crippen molar-refractivity contribution in [2.75, 3.05) is 6.61 Å². The molecule has 0 spiro atoms. The monoisotopic (exact) mass is 276 g/mol. The van der Waals surface area contributed by atoms with Gasteiger partial charge in [0.25, 0.3) is 0 Å². The number of ether oxygens (including phenoxy) is 1. The van der Waals surface area contributed by atoms with Gasteiger partial charge in [0, 0.05) is 11.3 Å². The Kier molecular flexibility index (Phi) is 4.74. The van der Waals surface area contributed by atoms with E-state index in [-0.39, 0.29) is 0 Å². The van der Waals surface area contributed by atoms with Crippen LogP contribution in [0.1, 0.15) is 26.0 Å². The van der Waals surface area contributed by atoms with Crippen LogP contribution in [0, 0.1) is 0 Å². The fraction of sp³-hybridized carbons (Fsp3) is 0.333. The van der Waals surface area contributed by atoms with Gasteiger partial charge in [-0.2, -0.15) is 0 Å². The van der Waals surface area contributed by atoms with Crippen LogP contribution in [0.3, 0.4) is 0 Å². The van der Waals surface area contributed by atoms with Gasteiger partial charge < -0.3 is 4.74 Å². The molecule has 1 heterocycles. The van der Waals surface area contributed by atoms with Crippen molar-refractivity contribution < 1.29 is 4.74 Å². The third kappa shape index (κ3) is 3.67. The highest BCUT2D eigenvalue weighted by Crippen LogP contribution is 2.21. The van der Waals surface area contributed by atoms with Gasteiger partial charge in [0.1, 0.15) is 10.9 Å². The smallest absolute Gasteiger partial charge is 0.161 e. The van der Waals surface area contributed by atoms with Gasteiger partial charge in [-0.1, -0.05) is 24.9 Å². The lowest BCUT2D eigenvalue weighted by Crippen LogP contribution is -1.96. The Morgan fingerprint density at radius 2 is 1.84 bits per heavy atom. The van der Waals surface area contributed by atoms with Crippen LogP contribution >= 0.6 is 11.6 Å². The third-order valence-electron chi connectivity index (χ3n) is 2.68. The molecule has 0 amide bonds. The van der Waals surface area contributed by atoms with Gasteiger partial charge >= 0.3 is 0 Å². The molecule has 2 rings (SSSR count). The van der Waals surface area contributed by atoms with Gasteiger partial charge in [0.15, 0.2) is 5.82 Å². The molecule has 3 nitrogen and oxygen atoms in total. The van der Waals surface area contributed by atoms with E-state index in [2.05, 4.69) is 16.9 Å². The average Bonchev–Trinajstić information content (AvgIpc) is 2.40. The molecule has 19 heavy (non-hydrogen) atoms. The number of nitrogens with zero attached hydrogens (tertiary/aromatic N) is 2. The minimum atomic E-state index is 0.488. The largest absolute Gasteiger partial charge is 0.494 e. The zero-order valence-corrected chi connectivity index (χ0v) is 11.9. The molecule has 0 aliphatic rings. The highest BCUT2D eigenvalue weighted by atomic mass is 35.5.